The van der Waals surface area contributed by atoms with Crippen LogP contribution in [0.1, 0.15) is 33.9 Å². The van der Waals surface area contributed by atoms with Gasteiger partial charge in [0.25, 0.3) is 5.91 Å². The average Bonchev–Trinajstić information content (AvgIpc) is 3.13. The maximum absolute atomic E-state index is 13.2. The van der Waals surface area contributed by atoms with Gasteiger partial charge in [-0.15, -0.1) is 0 Å². The van der Waals surface area contributed by atoms with Gasteiger partial charge in [0.1, 0.15) is 5.75 Å². The molecule has 3 aromatic carbocycles. The fraction of sp³-hybridized carbons (Fsp3) is 0.0909. The Labute approximate surface area is 172 Å². The van der Waals surface area contributed by atoms with Gasteiger partial charge in [-0.1, -0.05) is 59.6 Å². The summed E-state index contributed by atoms with van der Waals surface area (Å²) in [5, 5.41) is 17.5. The molecule has 1 amide bonds. The number of nitrogens with zero attached hydrogens (tertiary/aromatic N) is 2. The van der Waals surface area contributed by atoms with Gasteiger partial charge >= 0.3 is 0 Å². The van der Waals surface area contributed by atoms with Crippen molar-refractivity contribution < 1.29 is 9.90 Å². The van der Waals surface area contributed by atoms with Crippen LogP contribution in [0.4, 0.5) is 0 Å². The molecule has 0 aromatic heterocycles. The maximum Gasteiger partial charge on any atom is 0.274 e. The van der Waals surface area contributed by atoms with E-state index in [9.17, 15) is 9.90 Å². The first-order valence-corrected chi connectivity index (χ1v) is 9.49. The predicted octanol–water partition coefficient (Wildman–Crippen LogP) is 5.69. The van der Waals surface area contributed by atoms with Crippen molar-refractivity contribution in [1.82, 2.24) is 5.01 Å². The second-order valence-electron chi connectivity index (χ2n) is 6.49. The van der Waals surface area contributed by atoms with Gasteiger partial charge in [0.2, 0.25) is 0 Å². The van der Waals surface area contributed by atoms with Crippen LogP contribution in [0.2, 0.25) is 10.0 Å². The minimum Gasteiger partial charge on any atom is -0.508 e. The molecule has 28 heavy (non-hydrogen) atoms. The van der Waals surface area contributed by atoms with Crippen LogP contribution in [0, 0.1) is 0 Å². The van der Waals surface area contributed by atoms with Gasteiger partial charge < -0.3 is 5.11 Å². The highest BCUT2D eigenvalue weighted by atomic mass is 35.5. The van der Waals surface area contributed by atoms with Gasteiger partial charge in [0, 0.05) is 27.6 Å². The highest BCUT2D eigenvalue weighted by molar-refractivity contribution is 6.31. The molecular weight excluding hydrogens is 395 g/mol. The summed E-state index contributed by atoms with van der Waals surface area (Å²) in [4.78, 5) is 13.2. The molecule has 3 aromatic rings. The molecule has 0 saturated carbocycles. The second kappa shape index (κ2) is 7.66. The van der Waals surface area contributed by atoms with E-state index in [0.717, 1.165) is 11.3 Å². The van der Waals surface area contributed by atoms with E-state index < -0.39 is 6.04 Å². The van der Waals surface area contributed by atoms with E-state index in [1.807, 2.05) is 18.2 Å². The van der Waals surface area contributed by atoms with Crippen LogP contribution in [0.25, 0.3) is 0 Å². The van der Waals surface area contributed by atoms with Crippen molar-refractivity contribution in [3.05, 3.63) is 99.5 Å². The van der Waals surface area contributed by atoms with Crippen LogP contribution < -0.4 is 0 Å². The summed E-state index contributed by atoms with van der Waals surface area (Å²) in [5.74, 6) is -0.149. The summed E-state index contributed by atoms with van der Waals surface area (Å²) in [5.41, 5.74) is 2.71. The van der Waals surface area contributed by atoms with Crippen molar-refractivity contribution in [2.24, 2.45) is 5.10 Å². The summed E-state index contributed by atoms with van der Waals surface area (Å²) >= 11 is 12.0. The van der Waals surface area contributed by atoms with Crippen LogP contribution >= 0.6 is 23.2 Å². The predicted molar refractivity (Wildman–Crippen MR) is 111 cm³/mol. The van der Waals surface area contributed by atoms with Crippen LogP contribution in [0.5, 0.6) is 5.75 Å². The Hall–Kier alpha value is -2.82. The Morgan fingerprint density at radius 1 is 0.964 bits per heavy atom. The lowest BCUT2D eigenvalue weighted by atomic mass is 9.97. The first-order chi connectivity index (χ1) is 13.5. The van der Waals surface area contributed by atoms with Gasteiger partial charge in [-0.05, 0) is 42.0 Å². The van der Waals surface area contributed by atoms with E-state index in [4.69, 9.17) is 23.2 Å². The van der Waals surface area contributed by atoms with E-state index in [1.54, 1.807) is 54.6 Å². The van der Waals surface area contributed by atoms with E-state index >= 15 is 0 Å². The van der Waals surface area contributed by atoms with Gasteiger partial charge in [0.15, 0.2) is 0 Å². The molecule has 6 heteroatoms. The molecule has 1 heterocycles. The van der Waals surface area contributed by atoms with Gasteiger partial charge in [-0.25, -0.2) is 5.01 Å². The standard InChI is InChI=1S/C22H16Cl2N2O2/c23-16-10-8-14(9-11-16)19-13-20(18-6-1-2-7-21(18)27)26(25-19)22(28)15-4-3-5-17(24)12-15/h1-12,20,27H,13H2/t20-/m0/s1. The highest BCUT2D eigenvalue weighted by Crippen LogP contribution is 2.38. The van der Waals surface area contributed by atoms with Crippen molar-refractivity contribution >= 4 is 34.8 Å². The molecule has 0 bridgehead atoms. The number of aromatic hydroxyl groups is 1. The molecule has 4 rings (SSSR count). The molecule has 4 nitrogen and oxygen atoms in total. The lowest BCUT2D eigenvalue weighted by Gasteiger charge is -2.22. The molecule has 0 fully saturated rings. The minimum atomic E-state index is -0.418. The number of amides is 1. The summed E-state index contributed by atoms with van der Waals surface area (Å²) in [6.45, 7) is 0. The largest absolute Gasteiger partial charge is 0.508 e. The quantitative estimate of drug-likeness (QED) is 0.602. The number of carbonyl (C=O) groups is 1. The number of carbonyl (C=O) groups excluding carboxylic acids is 1. The number of benzene rings is 3. The molecule has 0 radical (unpaired) electrons. The maximum atomic E-state index is 13.2. The number of hydrogen-bond donors (Lipinski definition) is 1. The van der Waals surface area contributed by atoms with Gasteiger partial charge in [-0.3, -0.25) is 4.79 Å². The summed E-state index contributed by atoms with van der Waals surface area (Å²) in [6, 6.07) is 20.6. The molecule has 1 aliphatic heterocycles. The third-order valence-electron chi connectivity index (χ3n) is 4.66. The van der Waals surface area contributed by atoms with E-state index in [2.05, 4.69) is 5.10 Å². The fourth-order valence-corrected chi connectivity index (χ4v) is 3.60. The molecule has 0 spiro atoms. The Bertz CT molecular complexity index is 1060. The second-order valence-corrected chi connectivity index (χ2v) is 7.37. The summed E-state index contributed by atoms with van der Waals surface area (Å²) < 4.78 is 0. The highest BCUT2D eigenvalue weighted by Gasteiger charge is 2.35. The molecule has 1 atom stereocenters. The monoisotopic (exact) mass is 410 g/mol. The van der Waals surface area contributed by atoms with E-state index in [1.165, 1.54) is 5.01 Å². The van der Waals surface area contributed by atoms with Crippen LogP contribution in [0.15, 0.2) is 77.9 Å². The fourth-order valence-electron chi connectivity index (χ4n) is 3.28. The third-order valence-corrected chi connectivity index (χ3v) is 5.15. The average molecular weight is 411 g/mol. The Balaban J connectivity index is 1.76. The number of rotatable bonds is 3. The van der Waals surface area contributed by atoms with Crippen molar-refractivity contribution in [2.75, 3.05) is 0 Å². The molecule has 140 valence electrons. The lowest BCUT2D eigenvalue weighted by molar-refractivity contribution is 0.0709. The normalized spacial score (nSPS) is 16.1. The minimum absolute atomic E-state index is 0.129. The number of para-hydroxylation sites is 1. The van der Waals surface area contributed by atoms with Crippen molar-refractivity contribution in [3.8, 4) is 5.75 Å². The molecule has 0 saturated heterocycles. The Morgan fingerprint density at radius 2 is 1.71 bits per heavy atom. The lowest BCUT2D eigenvalue weighted by Crippen LogP contribution is -2.27. The van der Waals surface area contributed by atoms with Crippen LogP contribution in [0.3, 0.4) is 0 Å². The van der Waals surface area contributed by atoms with Crippen LogP contribution in [-0.2, 0) is 0 Å². The molecule has 1 N–H and O–H groups in total. The Morgan fingerprint density at radius 3 is 2.43 bits per heavy atom. The topological polar surface area (TPSA) is 52.9 Å². The van der Waals surface area contributed by atoms with Crippen molar-refractivity contribution in [2.45, 2.75) is 12.5 Å². The zero-order chi connectivity index (χ0) is 19.7. The molecule has 1 aliphatic rings. The first kappa shape index (κ1) is 18.5. The number of phenolic OH excluding ortho intramolecular Hbond substituents is 1. The summed E-state index contributed by atoms with van der Waals surface area (Å²) in [7, 11) is 0. The van der Waals surface area contributed by atoms with E-state index in [-0.39, 0.29) is 11.7 Å². The van der Waals surface area contributed by atoms with Gasteiger partial charge in [0.05, 0.1) is 11.8 Å². The Kier molecular flexibility index (Phi) is 5.07. The zero-order valence-corrected chi connectivity index (χ0v) is 16.2. The van der Waals surface area contributed by atoms with Gasteiger partial charge in [-0.2, -0.15) is 5.10 Å². The zero-order valence-electron chi connectivity index (χ0n) is 14.7. The number of hydrazone groups is 1. The molecule has 0 aliphatic carbocycles. The van der Waals surface area contributed by atoms with E-state index in [0.29, 0.717) is 27.6 Å². The molecule has 0 unspecified atom stereocenters. The van der Waals surface area contributed by atoms with Crippen molar-refractivity contribution in [1.29, 1.82) is 0 Å². The van der Waals surface area contributed by atoms with Crippen molar-refractivity contribution in [3.63, 3.8) is 0 Å². The third kappa shape index (κ3) is 3.61. The number of halogens is 2. The van der Waals surface area contributed by atoms with Crippen LogP contribution in [-0.4, -0.2) is 21.7 Å². The smallest absolute Gasteiger partial charge is 0.274 e. The SMILES string of the molecule is O=C(c1cccc(Cl)c1)N1N=C(c2ccc(Cl)cc2)C[C@H]1c1ccccc1O. The number of hydrogen-bond acceptors (Lipinski definition) is 3. The number of phenols is 1. The first-order valence-electron chi connectivity index (χ1n) is 8.73. The molecular formula is C22H16Cl2N2O2. The summed E-state index contributed by atoms with van der Waals surface area (Å²) in [6.07, 6.45) is 0.478.